The van der Waals surface area contributed by atoms with Crippen molar-refractivity contribution in [2.75, 3.05) is 26.2 Å². The maximum Gasteiger partial charge on any atom is 0.0232 e. The van der Waals surface area contributed by atoms with E-state index in [1.165, 1.54) is 58.3 Å². The van der Waals surface area contributed by atoms with Gasteiger partial charge in [-0.05, 0) is 38.3 Å². The molecule has 0 aromatic rings. The van der Waals surface area contributed by atoms with Crippen LogP contribution in [-0.2, 0) is 0 Å². The molecule has 1 atom stereocenters. The summed E-state index contributed by atoms with van der Waals surface area (Å²) in [6.07, 6.45) is 7.28. The minimum absolute atomic E-state index is 0.834. The predicted octanol–water partition coefficient (Wildman–Crippen LogP) is 1.86. The lowest BCUT2D eigenvalue weighted by atomic mass is 10.1. The van der Waals surface area contributed by atoms with Gasteiger partial charge in [-0.1, -0.05) is 19.8 Å². The number of nitrogens with one attached hydrogen (secondary N) is 1. The second-order valence-electron chi connectivity index (χ2n) is 4.88. The number of nitrogens with zero attached hydrogens (tertiary/aromatic N) is 1. The number of rotatable bonds is 4. The van der Waals surface area contributed by atoms with Crippen LogP contribution in [-0.4, -0.2) is 37.1 Å². The summed E-state index contributed by atoms with van der Waals surface area (Å²) in [5.74, 6) is 1.01. The molecule has 2 rings (SSSR count). The Kier molecular flexibility index (Phi) is 3.82. The van der Waals surface area contributed by atoms with E-state index >= 15 is 0 Å². The predicted molar refractivity (Wildman–Crippen MR) is 60.5 cm³/mol. The highest BCUT2D eigenvalue weighted by molar-refractivity contribution is 4.82. The first-order chi connectivity index (χ1) is 6.90. The zero-order chi connectivity index (χ0) is 9.80. The van der Waals surface area contributed by atoms with Gasteiger partial charge in [0, 0.05) is 19.1 Å². The molecule has 1 aliphatic heterocycles. The third-order valence-electron chi connectivity index (χ3n) is 3.92. The van der Waals surface area contributed by atoms with Gasteiger partial charge in [0.25, 0.3) is 0 Å². The van der Waals surface area contributed by atoms with Crippen LogP contribution >= 0.6 is 0 Å². The Bertz CT molecular complexity index is 158. The smallest absolute Gasteiger partial charge is 0.0232 e. The van der Waals surface area contributed by atoms with Gasteiger partial charge in [-0.15, -0.1) is 0 Å². The van der Waals surface area contributed by atoms with Gasteiger partial charge in [-0.3, -0.25) is 4.90 Å². The first-order valence-electron chi connectivity index (χ1n) is 6.35. The summed E-state index contributed by atoms with van der Waals surface area (Å²) in [7, 11) is 0. The summed E-state index contributed by atoms with van der Waals surface area (Å²) < 4.78 is 0. The molecule has 1 N–H and O–H groups in total. The largest absolute Gasteiger partial charge is 0.315 e. The summed E-state index contributed by atoms with van der Waals surface area (Å²) in [6.45, 7) is 7.37. The molecule has 0 radical (unpaired) electrons. The standard InChI is InChI=1S/C12H24N2/c1-2-14(12-7-8-13-9-12)10-11-5-3-4-6-11/h11-13H,2-10H2,1H3. The van der Waals surface area contributed by atoms with Crippen molar-refractivity contribution in [1.29, 1.82) is 0 Å². The molecule has 2 nitrogen and oxygen atoms in total. The minimum Gasteiger partial charge on any atom is -0.315 e. The summed E-state index contributed by atoms with van der Waals surface area (Å²) in [5, 5.41) is 3.47. The molecule has 0 aromatic carbocycles. The SMILES string of the molecule is CCN(CC1CCCC1)C1CCNC1. The van der Waals surface area contributed by atoms with Crippen LogP contribution < -0.4 is 5.32 Å². The molecule has 2 aliphatic rings. The molecule has 1 aliphatic carbocycles. The van der Waals surface area contributed by atoms with E-state index in [0.29, 0.717) is 0 Å². The molecule has 2 heteroatoms. The quantitative estimate of drug-likeness (QED) is 0.738. The van der Waals surface area contributed by atoms with Gasteiger partial charge in [0.05, 0.1) is 0 Å². The van der Waals surface area contributed by atoms with Crippen molar-refractivity contribution in [3.63, 3.8) is 0 Å². The van der Waals surface area contributed by atoms with E-state index in [4.69, 9.17) is 0 Å². The van der Waals surface area contributed by atoms with Gasteiger partial charge >= 0.3 is 0 Å². The van der Waals surface area contributed by atoms with Crippen molar-refractivity contribution in [3.05, 3.63) is 0 Å². The van der Waals surface area contributed by atoms with E-state index in [-0.39, 0.29) is 0 Å². The van der Waals surface area contributed by atoms with Crippen molar-refractivity contribution in [2.45, 2.75) is 45.1 Å². The van der Waals surface area contributed by atoms with Gasteiger partial charge in [0.1, 0.15) is 0 Å². The van der Waals surface area contributed by atoms with Crippen molar-refractivity contribution in [2.24, 2.45) is 5.92 Å². The van der Waals surface area contributed by atoms with Crippen molar-refractivity contribution in [1.82, 2.24) is 10.2 Å². The highest BCUT2D eigenvalue weighted by Crippen LogP contribution is 2.26. The van der Waals surface area contributed by atoms with Crippen LogP contribution in [0.3, 0.4) is 0 Å². The summed E-state index contributed by atoms with van der Waals surface area (Å²) >= 11 is 0. The minimum atomic E-state index is 0.834. The Labute approximate surface area is 88.1 Å². The molecule has 1 heterocycles. The Morgan fingerprint density at radius 2 is 2.00 bits per heavy atom. The lowest BCUT2D eigenvalue weighted by Crippen LogP contribution is -2.39. The second-order valence-corrected chi connectivity index (χ2v) is 4.88. The summed E-state index contributed by atoms with van der Waals surface area (Å²) in [4.78, 5) is 2.70. The Morgan fingerprint density at radius 1 is 1.21 bits per heavy atom. The molecular weight excluding hydrogens is 172 g/mol. The van der Waals surface area contributed by atoms with Crippen molar-refractivity contribution in [3.8, 4) is 0 Å². The fourth-order valence-electron chi connectivity index (χ4n) is 3.01. The molecule has 82 valence electrons. The van der Waals surface area contributed by atoms with Crippen LogP contribution in [0.2, 0.25) is 0 Å². The first-order valence-corrected chi connectivity index (χ1v) is 6.35. The molecule has 0 spiro atoms. The average Bonchev–Trinajstić information content (AvgIpc) is 2.86. The Morgan fingerprint density at radius 3 is 2.57 bits per heavy atom. The summed E-state index contributed by atoms with van der Waals surface area (Å²) in [6, 6.07) is 0.834. The van der Waals surface area contributed by atoms with Crippen LogP contribution in [0.4, 0.5) is 0 Å². The van der Waals surface area contributed by atoms with Gasteiger partial charge < -0.3 is 5.32 Å². The highest BCUT2D eigenvalue weighted by atomic mass is 15.2. The second kappa shape index (κ2) is 5.13. The van der Waals surface area contributed by atoms with Crippen molar-refractivity contribution < 1.29 is 0 Å². The van der Waals surface area contributed by atoms with Gasteiger partial charge in [-0.25, -0.2) is 0 Å². The third kappa shape index (κ3) is 2.48. The van der Waals surface area contributed by atoms with E-state index in [0.717, 1.165) is 12.0 Å². The third-order valence-corrected chi connectivity index (χ3v) is 3.92. The molecule has 1 unspecified atom stereocenters. The van der Waals surface area contributed by atoms with Gasteiger partial charge in [0.2, 0.25) is 0 Å². The fourth-order valence-corrected chi connectivity index (χ4v) is 3.01. The molecule has 1 saturated heterocycles. The molecular formula is C12H24N2. The lowest BCUT2D eigenvalue weighted by molar-refractivity contribution is 0.186. The van der Waals surface area contributed by atoms with Gasteiger partial charge in [-0.2, -0.15) is 0 Å². The highest BCUT2D eigenvalue weighted by Gasteiger charge is 2.24. The molecule has 1 saturated carbocycles. The van der Waals surface area contributed by atoms with Crippen molar-refractivity contribution >= 4 is 0 Å². The van der Waals surface area contributed by atoms with Crippen LogP contribution in [0, 0.1) is 5.92 Å². The molecule has 0 bridgehead atoms. The topological polar surface area (TPSA) is 15.3 Å². The maximum atomic E-state index is 3.47. The Hall–Kier alpha value is -0.0800. The zero-order valence-corrected chi connectivity index (χ0v) is 9.47. The number of likely N-dealkylation sites (N-methyl/N-ethyl adjacent to an activating group) is 1. The zero-order valence-electron chi connectivity index (χ0n) is 9.47. The first kappa shape index (κ1) is 10.4. The molecule has 0 amide bonds. The Balaban J connectivity index is 1.79. The normalized spacial score (nSPS) is 29.1. The lowest BCUT2D eigenvalue weighted by Gasteiger charge is -2.29. The molecule has 0 aromatic heterocycles. The number of hydrogen-bond donors (Lipinski definition) is 1. The van der Waals surface area contributed by atoms with Crippen LogP contribution in [0.5, 0.6) is 0 Å². The molecule has 14 heavy (non-hydrogen) atoms. The van der Waals surface area contributed by atoms with E-state index in [1.54, 1.807) is 0 Å². The number of hydrogen-bond acceptors (Lipinski definition) is 2. The van der Waals surface area contributed by atoms with E-state index < -0.39 is 0 Å². The average molecular weight is 196 g/mol. The monoisotopic (exact) mass is 196 g/mol. The van der Waals surface area contributed by atoms with Crippen LogP contribution in [0.15, 0.2) is 0 Å². The van der Waals surface area contributed by atoms with E-state index in [2.05, 4.69) is 17.1 Å². The fraction of sp³-hybridized carbons (Fsp3) is 1.00. The maximum absolute atomic E-state index is 3.47. The summed E-state index contributed by atoms with van der Waals surface area (Å²) in [5.41, 5.74) is 0. The van der Waals surface area contributed by atoms with E-state index in [9.17, 15) is 0 Å². The van der Waals surface area contributed by atoms with Crippen LogP contribution in [0.25, 0.3) is 0 Å². The van der Waals surface area contributed by atoms with Crippen LogP contribution in [0.1, 0.15) is 39.0 Å². The van der Waals surface area contributed by atoms with Gasteiger partial charge in [0.15, 0.2) is 0 Å². The van der Waals surface area contributed by atoms with E-state index in [1.807, 2.05) is 0 Å². The molecule has 2 fully saturated rings.